The van der Waals surface area contributed by atoms with E-state index in [-0.39, 0.29) is 41.9 Å². The van der Waals surface area contributed by atoms with Gasteiger partial charge in [0, 0.05) is 23.6 Å². The molecule has 0 saturated heterocycles. The van der Waals surface area contributed by atoms with Crippen molar-refractivity contribution >= 4 is 34.4 Å². The lowest BCUT2D eigenvalue weighted by molar-refractivity contribution is -0.125. The van der Waals surface area contributed by atoms with Crippen LogP contribution in [0.25, 0.3) is 0 Å². The number of hydrogen-bond donors (Lipinski definition) is 5. The van der Waals surface area contributed by atoms with Crippen LogP contribution in [0.15, 0.2) is 18.2 Å². The maximum Gasteiger partial charge on any atom is 0.251 e. The first kappa shape index (κ1) is 35.5. The molecule has 228 valence electrons. The number of nitrogens with zero attached hydrogens (tertiary/aromatic N) is 1. The van der Waals surface area contributed by atoms with Crippen LogP contribution in [0, 0.1) is 23.7 Å². The van der Waals surface area contributed by atoms with Gasteiger partial charge in [-0.15, -0.1) is 0 Å². The Hall–Kier alpha value is -2.50. The van der Waals surface area contributed by atoms with Crippen molar-refractivity contribution in [3.8, 4) is 0 Å². The number of carbonyl (C=O) groups excluding carboxylic acids is 3. The van der Waals surface area contributed by atoms with Crippen LogP contribution < -0.4 is 20.3 Å². The lowest BCUT2D eigenvalue weighted by Gasteiger charge is -2.28. The summed E-state index contributed by atoms with van der Waals surface area (Å²) in [5, 5.41) is 29.3. The maximum atomic E-state index is 13.5. The highest BCUT2D eigenvalue weighted by Crippen LogP contribution is 2.22. The number of hydrogen-bond acceptors (Lipinski definition) is 6. The zero-order chi connectivity index (χ0) is 30.7. The number of rotatable bonds is 16. The minimum Gasteiger partial charge on any atom is -0.394 e. The Morgan fingerprint density at radius 3 is 1.82 bits per heavy atom. The van der Waals surface area contributed by atoms with E-state index in [0.29, 0.717) is 24.6 Å². The van der Waals surface area contributed by atoms with Crippen LogP contribution >= 0.6 is 0 Å². The van der Waals surface area contributed by atoms with Crippen molar-refractivity contribution in [2.75, 3.05) is 30.8 Å². The molecule has 1 aromatic rings. The Morgan fingerprint density at radius 1 is 0.875 bits per heavy atom. The summed E-state index contributed by atoms with van der Waals surface area (Å²) >= 11 is 0. The van der Waals surface area contributed by atoms with Gasteiger partial charge in [0.1, 0.15) is 6.26 Å². The van der Waals surface area contributed by atoms with Crippen LogP contribution in [0.2, 0.25) is 0 Å². The molecule has 1 aromatic carbocycles. The average Bonchev–Trinajstić information content (AvgIpc) is 2.88. The second kappa shape index (κ2) is 16.7. The Balaban J connectivity index is 3.27. The molecule has 0 aliphatic heterocycles. The molecule has 5 N–H and O–H groups in total. The monoisotopic (exact) mass is 583 g/mol. The Kier molecular flexibility index (Phi) is 14.8. The van der Waals surface area contributed by atoms with Crippen LogP contribution in [-0.2, 0) is 20.0 Å². The molecular weight excluding hydrogens is 532 g/mol. The van der Waals surface area contributed by atoms with E-state index in [0.717, 1.165) is 0 Å². The Bertz CT molecular complexity index is 1020. The normalized spacial score (nSPS) is 15.3. The summed E-state index contributed by atoms with van der Waals surface area (Å²) in [7, 11) is -0.182. The van der Waals surface area contributed by atoms with Gasteiger partial charge in [-0.3, -0.25) is 14.4 Å². The van der Waals surface area contributed by atoms with Crippen LogP contribution in [0.1, 0.15) is 82.0 Å². The smallest absolute Gasteiger partial charge is 0.251 e. The van der Waals surface area contributed by atoms with Gasteiger partial charge in [0.05, 0.1) is 37.5 Å². The fourth-order valence-corrected chi connectivity index (χ4v) is 4.52. The number of anilines is 1. The van der Waals surface area contributed by atoms with Crippen molar-refractivity contribution in [2.24, 2.45) is 23.7 Å². The number of aliphatic hydroxyl groups excluding tert-OH is 2. The zero-order valence-corrected chi connectivity index (χ0v) is 26.4. The quantitative estimate of drug-likeness (QED) is 0.149. The molecule has 0 spiro atoms. The van der Waals surface area contributed by atoms with E-state index < -0.39 is 46.9 Å². The first-order valence-corrected chi connectivity index (χ1v) is 15.7. The summed E-state index contributed by atoms with van der Waals surface area (Å²) in [4.78, 5) is 39.0. The maximum absolute atomic E-state index is 13.5. The van der Waals surface area contributed by atoms with Gasteiger partial charge in [-0.25, -0.2) is 0 Å². The van der Waals surface area contributed by atoms with Gasteiger partial charge < -0.3 is 26.2 Å². The number of benzene rings is 1. The highest BCUT2D eigenvalue weighted by atomic mass is 32.2. The molecule has 0 fully saturated rings. The van der Waals surface area contributed by atoms with Crippen molar-refractivity contribution in [3.05, 3.63) is 29.3 Å². The molecule has 0 aliphatic rings. The van der Waals surface area contributed by atoms with Gasteiger partial charge in [0.15, 0.2) is 11.0 Å². The van der Waals surface area contributed by atoms with E-state index in [1.165, 1.54) is 16.6 Å². The third-order valence-electron chi connectivity index (χ3n) is 6.79. The third-order valence-corrected chi connectivity index (χ3v) is 7.87. The molecule has 1 rings (SSSR count). The molecule has 0 aliphatic carbocycles. The number of amides is 3. The van der Waals surface area contributed by atoms with Crippen LogP contribution in [0.3, 0.4) is 0 Å². The van der Waals surface area contributed by atoms with Gasteiger partial charge in [-0.2, -0.15) is 4.31 Å². The summed E-state index contributed by atoms with van der Waals surface area (Å²) in [6.45, 7) is 13.8. The van der Waals surface area contributed by atoms with E-state index in [9.17, 15) is 28.8 Å². The Labute approximate surface area is 242 Å². The predicted molar refractivity (Wildman–Crippen MR) is 162 cm³/mol. The fourth-order valence-electron chi connectivity index (χ4n) is 4.08. The first-order chi connectivity index (χ1) is 18.6. The van der Waals surface area contributed by atoms with E-state index >= 15 is 0 Å². The zero-order valence-electron chi connectivity index (χ0n) is 25.5. The van der Waals surface area contributed by atoms with Gasteiger partial charge in [0.25, 0.3) is 11.8 Å². The first-order valence-electron chi connectivity index (χ1n) is 14.0. The number of aliphatic hydroxyl groups is 2. The molecule has 10 nitrogen and oxygen atoms in total. The van der Waals surface area contributed by atoms with Gasteiger partial charge >= 0.3 is 0 Å². The van der Waals surface area contributed by atoms with Crippen molar-refractivity contribution in [1.82, 2.24) is 16.0 Å². The highest BCUT2D eigenvalue weighted by Gasteiger charge is 2.28. The summed E-state index contributed by atoms with van der Waals surface area (Å²) in [5.41, 5.74) is 0.768. The van der Waals surface area contributed by atoms with Crippen molar-refractivity contribution in [1.29, 1.82) is 0 Å². The van der Waals surface area contributed by atoms with Crippen LogP contribution in [0.4, 0.5) is 5.69 Å². The summed E-state index contributed by atoms with van der Waals surface area (Å²) in [6, 6.07) is 3.44. The van der Waals surface area contributed by atoms with E-state index in [4.69, 9.17) is 0 Å². The van der Waals surface area contributed by atoms with Crippen molar-refractivity contribution in [3.63, 3.8) is 0 Å². The van der Waals surface area contributed by atoms with Crippen molar-refractivity contribution < 1.29 is 28.8 Å². The fraction of sp³-hybridized carbons (Fsp3) is 0.690. The number of thiol groups is 1. The van der Waals surface area contributed by atoms with Gasteiger partial charge in [-0.1, -0.05) is 52.7 Å². The molecule has 0 heterocycles. The van der Waals surface area contributed by atoms with E-state index in [1.54, 1.807) is 26.1 Å². The molecule has 0 aromatic heterocycles. The number of carbonyl (C=O) groups is 3. The van der Waals surface area contributed by atoms with E-state index in [1.807, 2.05) is 41.5 Å². The topological polar surface area (TPSA) is 148 Å². The second-order valence-electron chi connectivity index (χ2n) is 11.8. The van der Waals surface area contributed by atoms with E-state index in [2.05, 4.69) is 16.0 Å². The lowest BCUT2D eigenvalue weighted by Crippen LogP contribution is -2.46. The molecule has 11 heteroatoms. The SMILES string of the molecule is CC(C)CNC(=O)C(C)C[C@H](O)[C@H](CC(C)C)NC(=O)c1cc(C(=O)N[C@H](CO)C(C)C)cc(N(C)[SH+](C)=O)c1. The summed E-state index contributed by atoms with van der Waals surface area (Å²) in [5.74, 6) is -1.12. The second-order valence-corrected chi connectivity index (χ2v) is 13.3. The molecular formula is C29H51N4O6S+. The summed E-state index contributed by atoms with van der Waals surface area (Å²) < 4.78 is 13.7. The third kappa shape index (κ3) is 11.5. The minimum atomic E-state index is -1.79. The number of nitrogens with one attached hydrogen (secondary N) is 3. The minimum absolute atomic E-state index is 0.0131. The van der Waals surface area contributed by atoms with Crippen LogP contribution in [-0.4, -0.2) is 72.6 Å². The predicted octanol–water partition coefficient (Wildman–Crippen LogP) is 2.41. The molecule has 0 bridgehead atoms. The lowest BCUT2D eigenvalue weighted by atomic mass is 9.92. The average molecular weight is 584 g/mol. The van der Waals surface area contributed by atoms with Crippen LogP contribution in [0.5, 0.6) is 0 Å². The molecule has 3 amide bonds. The Morgan fingerprint density at radius 2 is 1.40 bits per heavy atom. The molecule has 0 saturated carbocycles. The van der Waals surface area contributed by atoms with Crippen molar-refractivity contribution in [2.45, 2.75) is 79.5 Å². The highest BCUT2D eigenvalue weighted by molar-refractivity contribution is 7.85. The van der Waals surface area contributed by atoms with Gasteiger partial charge in [0.2, 0.25) is 5.91 Å². The molecule has 0 radical (unpaired) electrons. The summed E-state index contributed by atoms with van der Waals surface area (Å²) in [6.07, 6.45) is 1.21. The molecule has 40 heavy (non-hydrogen) atoms. The standard InChI is InChI=1S/C29H50N4O6S/c1-17(2)10-24(26(35)11-20(7)27(36)30-15-18(3)4)31-28(37)21-12-22(14-23(13-21)33(8)40(9)39)29(38)32-25(16-34)19(5)6/h12-14,17-20,24-26,34-35H,10-11,15-16H2,1-9H3,(H,30,36)(H,31,37)(H,32,38)/p+1/t20?,24-,25+,26-,40?/m0/s1. The van der Waals surface area contributed by atoms with Gasteiger partial charge in [-0.05, 0) is 48.8 Å². The molecule has 2 unspecified atom stereocenters. The largest absolute Gasteiger partial charge is 0.394 e. The molecule has 5 atom stereocenters.